The molecule has 2 N–H and O–H groups in total. The molecule has 1 atom stereocenters. The van der Waals surface area contributed by atoms with E-state index >= 15 is 0 Å². The molecular formula is C17H20N4O5. The molecule has 0 bridgehead atoms. The van der Waals surface area contributed by atoms with E-state index in [4.69, 9.17) is 14.0 Å². The van der Waals surface area contributed by atoms with Crippen LogP contribution in [0, 0.1) is 6.92 Å². The molecule has 2 amide bonds. The molecule has 0 fully saturated rings. The van der Waals surface area contributed by atoms with E-state index in [2.05, 4.69) is 20.8 Å². The molecule has 2 aromatic rings. The Labute approximate surface area is 150 Å². The third kappa shape index (κ3) is 4.11. The highest BCUT2D eigenvalue weighted by Gasteiger charge is 2.28. The Balaban J connectivity index is 1.74. The Bertz CT molecular complexity index is 840. The number of ether oxygens (including phenoxy) is 2. The molecule has 3 rings (SSSR count). The summed E-state index contributed by atoms with van der Waals surface area (Å²) in [6.07, 6.45) is -0.686. The second-order valence-corrected chi connectivity index (χ2v) is 6.86. The van der Waals surface area contributed by atoms with Gasteiger partial charge in [0, 0.05) is 5.56 Å². The average molecular weight is 360 g/mol. The van der Waals surface area contributed by atoms with Crippen molar-refractivity contribution in [3.05, 3.63) is 24.0 Å². The van der Waals surface area contributed by atoms with Crippen LogP contribution in [0.1, 0.15) is 26.6 Å². The zero-order valence-electron chi connectivity index (χ0n) is 15.0. The SMILES string of the molecule is Cc1noc(-c2ccc3c(c2)NC(=O)C(NC(=O)OC(C)(C)C)CO3)n1. The number of nitrogens with one attached hydrogen (secondary N) is 2. The van der Waals surface area contributed by atoms with Crippen LogP contribution in [0.15, 0.2) is 22.7 Å². The molecular weight excluding hydrogens is 340 g/mol. The van der Waals surface area contributed by atoms with Gasteiger partial charge in [-0.15, -0.1) is 0 Å². The molecule has 1 aliphatic rings. The maximum atomic E-state index is 12.4. The summed E-state index contributed by atoms with van der Waals surface area (Å²) in [4.78, 5) is 28.5. The maximum absolute atomic E-state index is 12.4. The van der Waals surface area contributed by atoms with E-state index < -0.39 is 23.6 Å². The van der Waals surface area contributed by atoms with Gasteiger partial charge in [-0.2, -0.15) is 4.98 Å². The van der Waals surface area contributed by atoms with Crippen LogP contribution in [-0.4, -0.2) is 40.4 Å². The standard InChI is InChI=1S/C17H20N4O5/c1-9-18-15(26-21-9)10-5-6-13-11(7-10)19-14(22)12(8-24-13)20-16(23)25-17(2,3)4/h5-7,12H,8H2,1-4H3,(H,19,22)(H,20,23). The highest BCUT2D eigenvalue weighted by atomic mass is 16.6. The number of benzene rings is 1. The minimum Gasteiger partial charge on any atom is -0.489 e. The van der Waals surface area contributed by atoms with E-state index in [9.17, 15) is 9.59 Å². The van der Waals surface area contributed by atoms with E-state index in [1.165, 1.54) is 0 Å². The van der Waals surface area contributed by atoms with Gasteiger partial charge in [0.15, 0.2) is 5.82 Å². The van der Waals surface area contributed by atoms with E-state index in [1.807, 2.05) is 0 Å². The lowest BCUT2D eigenvalue weighted by atomic mass is 10.2. The summed E-state index contributed by atoms with van der Waals surface area (Å²) in [5, 5.41) is 8.99. The number of anilines is 1. The fourth-order valence-electron chi connectivity index (χ4n) is 2.33. The molecule has 1 aliphatic heterocycles. The van der Waals surface area contributed by atoms with Gasteiger partial charge in [0.05, 0.1) is 5.69 Å². The summed E-state index contributed by atoms with van der Waals surface area (Å²) >= 11 is 0. The van der Waals surface area contributed by atoms with Crippen LogP contribution in [0.4, 0.5) is 10.5 Å². The molecule has 1 aromatic heterocycles. The number of aryl methyl sites for hydroxylation is 1. The van der Waals surface area contributed by atoms with E-state index in [0.717, 1.165) is 0 Å². The van der Waals surface area contributed by atoms with Gasteiger partial charge < -0.3 is 24.6 Å². The predicted molar refractivity (Wildman–Crippen MR) is 91.8 cm³/mol. The minimum atomic E-state index is -0.883. The van der Waals surface area contributed by atoms with Gasteiger partial charge >= 0.3 is 6.09 Å². The van der Waals surface area contributed by atoms with Crippen molar-refractivity contribution in [2.45, 2.75) is 39.3 Å². The summed E-state index contributed by atoms with van der Waals surface area (Å²) < 4.78 is 15.9. The van der Waals surface area contributed by atoms with Crippen LogP contribution in [0.25, 0.3) is 11.5 Å². The van der Waals surface area contributed by atoms with Crippen LogP contribution in [0.3, 0.4) is 0 Å². The van der Waals surface area contributed by atoms with Crippen molar-refractivity contribution < 1.29 is 23.6 Å². The molecule has 26 heavy (non-hydrogen) atoms. The van der Waals surface area contributed by atoms with Gasteiger partial charge in [0.25, 0.3) is 11.8 Å². The fraction of sp³-hybridized carbons (Fsp3) is 0.412. The first-order valence-electron chi connectivity index (χ1n) is 8.09. The fourth-order valence-corrected chi connectivity index (χ4v) is 2.33. The minimum absolute atomic E-state index is 0.0168. The zero-order valence-corrected chi connectivity index (χ0v) is 15.0. The van der Waals surface area contributed by atoms with Crippen molar-refractivity contribution in [2.24, 2.45) is 0 Å². The number of hydrogen-bond acceptors (Lipinski definition) is 7. The van der Waals surface area contributed by atoms with Gasteiger partial charge in [0.1, 0.15) is 24.0 Å². The van der Waals surface area contributed by atoms with E-state index in [0.29, 0.717) is 28.7 Å². The number of amides is 2. The Kier molecular flexibility index (Phi) is 4.54. The number of aromatic nitrogens is 2. The highest BCUT2D eigenvalue weighted by Crippen LogP contribution is 2.31. The first-order chi connectivity index (χ1) is 12.2. The largest absolute Gasteiger partial charge is 0.489 e. The molecule has 1 aromatic carbocycles. The Morgan fingerprint density at radius 1 is 1.38 bits per heavy atom. The summed E-state index contributed by atoms with van der Waals surface area (Å²) in [5.41, 5.74) is 0.440. The van der Waals surface area contributed by atoms with Gasteiger partial charge in [-0.1, -0.05) is 5.16 Å². The van der Waals surface area contributed by atoms with Gasteiger partial charge in [-0.05, 0) is 45.9 Å². The third-order valence-corrected chi connectivity index (χ3v) is 3.42. The van der Waals surface area contributed by atoms with Gasteiger partial charge in [-0.25, -0.2) is 4.79 Å². The van der Waals surface area contributed by atoms with Crippen molar-refractivity contribution in [2.75, 3.05) is 11.9 Å². The molecule has 0 saturated heterocycles. The van der Waals surface area contributed by atoms with Crippen LogP contribution in [0.5, 0.6) is 5.75 Å². The lowest BCUT2D eigenvalue weighted by molar-refractivity contribution is -0.118. The Morgan fingerprint density at radius 2 is 2.15 bits per heavy atom. The van der Waals surface area contributed by atoms with Gasteiger partial charge in [0.2, 0.25) is 0 Å². The first kappa shape index (κ1) is 17.7. The predicted octanol–water partition coefficient (Wildman–Crippen LogP) is 2.27. The van der Waals surface area contributed by atoms with Crippen LogP contribution in [-0.2, 0) is 9.53 Å². The monoisotopic (exact) mass is 360 g/mol. The molecule has 1 unspecified atom stereocenters. The first-order valence-corrected chi connectivity index (χ1v) is 8.09. The van der Waals surface area contributed by atoms with Crippen molar-refractivity contribution >= 4 is 17.7 Å². The lowest BCUT2D eigenvalue weighted by Gasteiger charge is -2.22. The van der Waals surface area contributed by atoms with Crippen LogP contribution in [0.2, 0.25) is 0 Å². The third-order valence-electron chi connectivity index (χ3n) is 3.42. The van der Waals surface area contributed by atoms with Crippen molar-refractivity contribution in [1.82, 2.24) is 15.5 Å². The molecule has 2 heterocycles. The van der Waals surface area contributed by atoms with Crippen LogP contribution < -0.4 is 15.4 Å². The number of fused-ring (bicyclic) bond motifs is 1. The number of carbonyl (C=O) groups excluding carboxylic acids is 2. The maximum Gasteiger partial charge on any atom is 0.408 e. The summed E-state index contributed by atoms with van der Waals surface area (Å²) in [5.74, 6) is 0.921. The molecule has 0 aliphatic carbocycles. The topological polar surface area (TPSA) is 116 Å². The van der Waals surface area contributed by atoms with E-state index in [1.54, 1.807) is 45.9 Å². The quantitative estimate of drug-likeness (QED) is 0.844. The molecule has 9 nitrogen and oxygen atoms in total. The van der Waals surface area contributed by atoms with Crippen molar-refractivity contribution in [1.29, 1.82) is 0 Å². The molecule has 9 heteroatoms. The second kappa shape index (κ2) is 6.66. The highest BCUT2D eigenvalue weighted by molar-refractivity contribution is 5.99. The summed E-state index contributed by atoms with van der Waals surface area (Å²) in [6.45, 7) is 6.93. The second-order valence-electron chi connectivity index (χ2n) is 6.86. The average Bonchev–Trinajstić information content (AvgIpc) is 2.90. The summed E-state index contributed by atoms with van der Waals surface area (Å²) in [6, 6.07) is 4.24. The molecule has 0 saturated carbocycles. The molecule has 138 valence electrons. The summed E-state index contributed by atoms with van der Waals surface area (Å²) in [7, 11) is 0. The van der Waals surface area contributed by atoms with E-state index in [-0.39, 0.29) is 6.61 Å². The number of rotatable bonds is 2. The Hall–Kier alpha value is -3.10. The molecule has 0 spiro atoms. The number of carbonyl (C=O) groups is 2. The number of nitrogens with zero attached hydrogens (tertiary/aromatic N) is 2. The normalized spacial score (nSPS) is 16.8. The number of alkyl carbamates (subject to hydrolysis) is 1. The number of hydrogen-bond donors (Lipinski definition) is 2. The molecule has 0 radical (unpaired) electrons. The van der Waals surface area contributed by atoms with Crippen molar-refractivity contribution in [3.63, 3.8) is 0 Å². The Morgan fingerprint density at radius 3 is 2.81 bits per heavy atom. The lowest BCUT2D eigenvalue weighted by Crippen LogP contribution is -2.48. The van der Waals surface area contributed by atoms with Crippen molar-refractivity contribution in [3.8, 4) is 17.2 Å². The zero-order chi connectivity index (χ0) is 18.9. The van der Waals surface area contributed by atoms with Crippen LogP contribution >= 0.6 is 0 Å². The van der Waals surface area contributed by atoms with Gasteiger partial charge in [-0.3, -0.25) is 4.79 Å². The smallest absolute Gasteiger partial charge is 0.408 e.